The highest BCUT2D eigenvalue weighted by Crippen LogP contribution is 2.25. The molecule has 0 saturated heterocycles. The van der Waals surface area contributed by atoms with E-state index < -0.39 is 0 Å². The van der Waals surface area contributed by atoms with Crippen molar-refractivity contribution in [3.05, 3.63) is 70.7 Å². The van der Waals surface area contributed by atoms with Crippen LogP contribution in [0.2, 0.25) is 0 Å². The molecule has 2 heterocycles. The highest BCUT2D eigenvalue weighted by atomic mass is 79.9. The topological polar surface area (TPSA) is 96.7 Å². The van der Waals surface area contributed by atoms with Crippen molar-refractivity contribution in [3.63, 3.8) is 0 Å². The van der Waals surface area contributed by atoms with Gasteiger partial charge in [0.1, 0.15) is 5.69 Å². The smallest absolute Gasteiger partial charge is 0.273 e. The summed E-state index contributed by atoms with van der Waals surface area (Å²) in [6, 6.07) is 15.0. The van der Waals surface area contributed by atoms with Crippen LogP contribution < -0.4 is 5.32 Å². The Labute approximate surface area is 163 Å². The number of nitrogens with zero attached hydrogens (tertiary/aromatic N) is 3. The summed E-state index contributed by atoms with van der Waals surface area (Å²) in [6.45, 7) is 1.91. The molecule has 134 valence electrons. The molecule has 0 bridgehead atoms. The first-order valence-electron chi connectivity index (χ1n) is 8.10. The Kier molecular flexibility index (Phi) is 4.55. The van der Waals surface area contributed by atoms with E-state index >= 15 is 0 Å². The van der Waals surface area contributed by atoms with Gasteiger partial charge in [0.2, 0.25) is 12.3 Å². The van der Waals surface area contributed by atoms with Gasteiger partial charge in [-0.2, -0.15) is 5.10 Å². The highest BCUT2D eigenvalue weighted by molar-refractivity contribution is 9.10. The van der Waals surface area contributed by atoms with Crippen LogP contribution >= 0.6 is 15.9 Å². The van der Waals surface area contributed by atoms with Crippen molar-refractivity contribution in [2.24, 2.45) is 0 Å². The Hall–Kier alpha value is -3.26. The van der Waals surface area contributed by atoms with Gasteiger partial charge in [0.05, 0.1) is 5.69 Å². The zero-order chi connectivity index (χ0) is 18.8. The predicted octanol–water partition coefficient (Wildman–Crippen LogP) is 4.45. The monoisotopic (exact) mass is 423 g/mol. The van der Waals surface area contributed by atoms with Gasteiger partial charge in [0.15, 0.2) is 0 Å². The number of carbonyl (C=O) groups excluding carboxylic acids is 1. The summed E-state index contributed by atoms with van der Waals surface area (Å²) in [5.41, 5.74) is 4.30. The van der Waals surface area contributed by atoms with Gasteiger partial charge in [0, 0.05) is 21.3 Å². The number of amides is 1. The number of rotatable bonds is 4. The molecule has 0 aliphatic rings. The van der Waals surface area contributed by atoms with Crippen molar-refractivity contribution in [3.8, 4) is 22.7 Å². The van der Waals surface area contributed by atoms with E-state index in [1.165, 1.54) is 6.39 Å². The van der Waals surface area contributed by atoms with Gasteiger partial charge in [-0.05, 0) is 42.8 Å². The minimum Gasteiger partial charge on any atom is -0.423 e. The Bertz CT molecular complexity index is 1090. The van der Waals surface area contributed by atoms with Gasteiger partial charge in [-0.3, -0.25) is 9.89 Å². The molecule has 0 atom stereocenters. The van der Waals surface area contributed by atoms with Gasteiger partial charge in [0.25, 0.3) is 5.91 Å². The normalized spacial score (nSPS) is 10.7. The summed E-state index contributed by atoms with van der Waals surface area (Å²) >= 11 is 3.40. The first kappa shape index (κ1) is 17.2. The lowest BCUT2D eigenvalue weighted by atomic mass is 10.1. The molecule has 0 saturated carbocycles. The van der Waals surface area contributed by atoms with Crippen LogP contribution in [-0.4, -0.2) is 26.3 Å². The molecule has 1 amide bonds. The van der Waals surface area contributed by atoms with E-state index in [9.17, 15) is 4.79 Å². The maximum Gasteiger partial charge on any atom is 0.273 e. The summed E-state index contributed by atoms with van der Waals surface area (Å²) < 4.78 is 6.19. The van der Waals surface area contributed by atoms with Gasteiger partial charge in [-0.25, -0.2) is 0 Å². The summed E-state index contributed by atoms with van der Waals surface area (Å²) in [4.78, 5) is 12.6. The maximum absolute atomic E-state index is 12.6. The average Bonchev–Trinajstić information content (AvgIpc) is 3.36. The molecule has 4 rings (SSSR count). The number of nitrogens with one attached hydrogen (secondary N) is 2. The van der Waals surface area contributed by atoms with Crippen LogP contribution in [0.4, 0.5) is 5.69 Å². The van der Waals surface area contributed by atoms with Crippen LogP contribution in [0.3, 0.4) is 0 Å². The third-order valence-electron chi connectivity index (χ3n) is 4.06. The van der Waals surface area contributed by atoms with E-state index in [0.29, 0.717) is 23.0 Å². The van der Waals surface area contributed by atoms with E-state index in [0.717, 1.165) is 21.2 Å². The van der Waals surface area contributed by atoms with Crippen LogP contribution in [-0.2, 0) is 0 Å². The van der Waals surface area contributed by atoms with Crippen molar-refractivity contribution >= 4 is 27.5 Å². The number of benzene rings is 2. The molecule has 2 aromatic heterocycles. The minimum absolute atomic E-state index is 0.281. The van der Waals surface area contributed by atoms with Crippen LogP contribution in [0.1, 0.15) is 16.1 Å². The molecular weight excluding hydrogens is 410 g/mol. The molecule has 2 N–H and O–H groups in total. The van der Waals surface area contributed by atoms with Gasteiger partial charge >= 0.3 is 0 Å². The number of halogens is 1. The summed E-state index contributed by atoms with van der Waals surface area (Å²) in [5.74, 6) is 0.112. The average molecular weight is 424 g/mol. The number of anilines is 1. The molecule has 0 aliphatic heterocycles. The Morgan fingerprint density at radius 3 is 2.63 bits per heavy atom. The van der Waals surface area contributed by atoms with Gasteiger partial charge in [-0.1, -0.05) is 34.1 Å². The lowest BCUT2D eigenvalue weighted by Crippen LogP contribution is -2.13. The second-order valence-electron chi connectivity index (χ2n) is 5.90. The maximum atomic E-state index is 12.6. The number of H-pyrrole nitrogens is 1. The van der Waals surface area contributed by atoms with Gasteiger partial charge in [-0.15, -0.1) is 10.2 Å². The fraction of sp³-hybridized carbons (Fsp3) is 0.0526. The van der Waals surface area contributed by atoms with Crippen LogP contribution in [0.15, 0.2) is 63.8 Å². The molecule has 8 heteroatoms. The number of carbonyl (C=O) groups is 1. The van der Waals surface area contributed by atoms with E-state index in [2.05, 4.69) is 41.6 Å². The van der Waals surface area contributed by atoms with E-state index in [1.807, 2.05) is 43.3 Å². The zero-order valence-electron chi connectivity index (χ0n) is 14.2. The van der Waals surface area contributed by atoms with Crippen molar-refractivity contribution in [1.29, 1.82) is 0 Å². The Morgan fingerprint density at radius 2 is 1.89 bits per heavy atom. The first-order valence-corrected chi connectivity index (χ1v) is 8.89. The molecule has 0 radical (unpaired) electrons. The Morgan fingerprint density at radius 1 is 1.11 bits per heavy atom. The van der Waals surface area contributed by atoms with Crippen molar-refractivity contribution in [2.45, 2.75) is 6.92 Å². The molecule has 7 nitrogen and oxygen atoms in total. The van der Waals surface area contributed by atoms with E-state index in [1.54, 1.807) is 12.1 Å². The Balaban J connectivity index is 1.56. The largest absolute Gasteiger partial charge is 0.423 e. The first-order chi connectivity index (χ1) is 13.1. The quantitative estimate of drug-likeness (QED) is 0.505. The van der Waals surface area contributed by atoms with Crippen molar-refractivity contribution in [2.75, 3.05) is 5.32 Å². The molecule has 0 unspecified atom stereocenters. The molecular formula is C19H14BrN5O2. The molecule has 4 aromatic rings. The zero-order valence-corrected chi connectivity index (χ0v) is 15.8. The third-order valence-corrected chi connectivity index (χ3v) is 4.58. The summed E-state index contributed by atoms with van der Waals surface area (Å²) in [7, 11) is 0. The second kappa shape index (κ2) is 7.16. The minimum atomic E-state index is -0.281. The molecule has 0 spiro atoms. The van der Waals surface area contributed by atoms with Crippen LogP contribution in [0.5, 0.6) is 0 Å². The van der Waals surface area contributed by atoms with E-state index in [-0.39, 0.29) is 5.91 Å². The lowest BCUT2D eigenvalue weighted by molar-refractivity contribution is 0.102. The second-order valence-corrected chi connectivity index (χ2v) is 6.82. The molecule has 0 aliphatic carbocycles. The predicted molar refractivity (Wildman–Crippen MR) is 104 cm³/mol. The SMILES string of the molecule is Cc1ccc(-c2nnco2)cc1NC(=O)c1cc(-c2ccc(Br)cc2)n[nH]1. The number of aryl methyl sites for hydroxylation is 1. The fourth-order valence-electron chi connectivity index (χ4n) is 2.58. The number of hydrogen-bond donors (Lipinski definition) is 2. The molecule has 27 heavy (non-hydrogen) atoms. The highest BCUT2D eigenvalue weighted by Gasteiger charge is 2.14. The number of hydrogen-bond acceptors (Lipinski definition) is 5. The third kappa shape index (κ3) is 3.65. The number of aromatic amines is 1. The van der Waals surface area contributed by atoms with E-state index in [4.69, 9.17) is 4.42 Å². The van der Waals surface area contributed by atoms with Crippen molar-refractivity contribution in [1.82, 2.24) is 20.4 Å². The van der Waals surface area contributed by atoms with Crippen LogP contribution in [0, 0.1) is 6.92 Å². The van der Waals surface area contributed by atoms with Crippen LogP contribution in [0.25, 0.3) is 22.7 Å². The summed E-state index contributed by atoms with van der Waals surface area (Å²) in [5, 5.41) is 17.5. The van der Waals surface area contributed by atoms with Gasteiger partial charge < -0.3 is 9.73 Å². The lowest BCUT2D eigenvalue weighted by Gasteiger charge is -2.08. The molecule has 2 aromatic carbocycles. The molecule has 0 fully saturated rings. The standard InChI is InChI=1S/C19H14BrN5O2/c1-11-2-3-13(19-25-21-10-27-19)8-15(11)22-18(26)17-9-16(23-24-17)12-4-6-14(20)7-5-12/h2-10H,1H3,(H,22,26)(H,23,24). The van der Waals surface area contributed by atoms with Crippen molar-refractivity contribution < 1.29 is 9.21 Å². The summed E-state index contributed by atoms with van der Waals surface area (Å²) in [6.07, 6.45) is 1.27. The fourth-order valence-corrected chi connectivity index (χ4v) is 2.85. The number of aromatic nitrogens is 4.